The molecule has 1 aliphatic heterocycles. The van der Waals surface area contributed by atoms with E-state index < -0.39 is 10.0 Å². The van der Waals surface area contributed by atoms with Crippen LogP contribution in [0.4, 0.5) is 5.82 Å². The van der Waals surface area contributed by atoms with Gasteiger partial charge in [-0.15, -0.1) is 0 Å². The number of aromatic nitrogens is 5. The van der Waals surface area contributed by atoms with Crippen LogP contribution >= 0.6 is 0 Å². The zero-order valence-corrected chi connectivity index (χ0v) is 20.0. The molecule has 11 nitrogen and oxygen atoms in total. The SMILES string of the molecule is Cc1cccc(C(=O)NC2CC(n3cnc4c(NC5CCN(S(C)(=O)=O)CC5)ncnc43)C2)n1. The fourth-order valence-corrected chi connectivity index (χ4v) is 5.49. The highest BCUT2D eigenvalue weighted by Gasteiger charge is 2.33. The predicted octanol–water partition coefficient (Wildman–Crippen LogP) is 1.50. The van der Waals surface area contributed by atoms with Crippen molar-refractivity contribution in [3.63, 3.8) is 0 Å². The van der Waals surface area contributed by atoms with Gasteiger partial charge in [0.25, 0.3) is 5.91 Å². The van der Waals surface area contributed by atoms with E-state index >= 15 is 0 Å². The van der Waals surface area contributed by atoms with E-state index in [1.54, 1.807) is 12.4 Å². The second-order valence-corrected chi connectivity index (χ2v) is 11.1. The highest BCUT2D eigenvalue weighted by Crippen LogP contribution is 2.35. The van der Waals surface area contributed by atoms with E-state index in [-0.39, 0.29) is 24.0 Å². The summed E-state index contributed by atoms with van der Waals surface area (Å²) in [6.45, 7) is 2.85. The number of carbonyl (C=O) groups is 1. The molecule has 1 saturated heterocycles. The molecule has 0 atom stereocenters. The van der Waals surface area contributed by atoms with Crippen LogP contribution in [0.25, 0.3) is 11.2 Å². The Balaban J connectivity index is 1.21. The van der Waals surface area contributed by atoms with Crippen LogP contribution in [-0.2, 0) is 10.0 Å². The molecule has 12 heteroatoms. The zero-order valence-electron chi connectivity index (χ0n) is 19.2. The topological polar surface area (TPSA) is 135 Å². The van der Waals surface area contributed by atoms with E-state index in [1.165, 1.54) is 16.9 Å². The van der Waals surface area contributed by atoms with Crippen molar-refractivity contribution in [2.75, 3.05) is 24.7 Å². The molecule has 0 unspecified atom stereocenters. The summed E-state index contributed by atoms with van der Waals surface area (Å²) in [4.78, 5) is 30.1. The summed E-state index contributed by atoms with van der Waals surface area (Å²) < 4.78 is 27.0. The van der Waals surface area contributed by atoms with E-state index in [4.69, 9.17) is 0 Å². The molecule has 1 saturated carbocycles. The summed E-state index contributed by atoms with van der Waals surface area (Å²) in [5.41, 5.74) is 2.70. The number of pyridine rings is 1. The molecule has 180 valence electrons. The largest absolute Gasteiger partial charge is 0.365 e. The Morgan fingerprint density at radius 3 is 2.56 bits per heavy atom. The summed E-state index contributed by atoms with van der Waals surface area (Å²) in [5, 5.41) is 6.48. The molecule has 34 heavy (non-hydrogen) atoms. The van der Waals surface area contributed by atoms with Gasteiger partial charge in [-0.05, 0) is 44.7 Å². The molecule has 3 aromatic heterocycles. The Kier molecular flexibility index (Phi) is 5.94. The number of piperidine rings is 1. The average molecular weight is 485 g/mol. The number of hydrogen-bond donors (Lipinski definition) is 2. The number of aryl methyl sites for hydroxylation is 1. The molecule has 3 aromatic rings. The highest BCUT2D eigenvalue weighted by molar-refractivity contribution is 7.88. The number of sulfonamides is 1. The molecule has 0 spiro atoms. The lowest BCUT2D eigenvalue weighted by Gasteiger charge is -2.36. The Labute approximate surface area is 198 Å². The van der Waals surface area contributed by atoms with Crippen LogP contribution in [-0.4, -0.2) is 74.6 Å². The second kappa shape index (κ2) is 8.91. The van der Waals surface area contributed by atoms with Crippen LogP contribution in [0.2, 0.25) is 0 Å². The fourth-order valence-electron chi connectivity index (χ4n) is 4.61. The first-order valence-corrected chi connectivity index (χ1v) is 13.3. The van der Waals surface area contributed by atoms with Crippen LogP contribution in [0.1, 0.15) is 47.9 Å². The van der Waals surface area contributed by atoms with Gasteiger partial charge in [-0.25, -0.2) is 32.7 Å². The average Bonchev–Trinajstić information content (AvgIpc) is 3.20. The highest BCUT2D eigenvalue weighted by atomic mass is 32.2. The smallest absolute Gasteiger partial charge is 0.270 e. The lowest BCUT2D eigenvalue weighted by atomic mass is 9.86. The number of nitrogens with one attached hydrogen (secondary N) is 2. The molecule has 1 aliphatic carbocycles. The third-order valence-corrected chi connectivity index (χ3v) is 7.89. The van der Waals surface area contributed by atoms with Gasteiger partial charge in [0, 0.05) is 36.9 Å². The summed E-state index contributed by atoms with van der Waals surface area (Å²) in [6, 6.07) is 5.82. The minimum Gasteiger partial charge on any atom is -0.365 e. The lowest BCUT2D eigenvalue weighted by Crippen LogP contribution is -2.45. The van der Waals surface area contributed by atoms with Crippen molar-refractivity contribution in [2.24, 2.45) is 0 Å². The number of amides is 1. The molecule has 2 N–H and O–H groups in total. The fraction of sp³-hybridized carbons (Fsp3) is 0.500. The van der Waals surface area contributed by atoms with Crippen LogP contribution in [0.15, 0.2) is 30.9 Å². The van der Waals surface area contributed by atoms with Crippen LogP contribution in [0.3, 0.4) is 0 Å². The Bertz CT molecular complexity index is 1310. The number of rotatable bonds is 6. The van der Waals surface area contributed by atoms with Gasteiger partial charge in [0.05, 0.1) is 12.6 Å². The van der Waals surface area contributed by atoms with Gasteiger partial charge in [0.1, 0.15) is 17.5 Å². The summed E-state index contributed by atoms with van der Waals surface area (Å²) in [6.07, 6.45) is 7.55. The van der Waals surface area contributed by atoms with Crippen molar-refractivity contribution < 1.29 is 13.2 Å². The van der Waals surface area contributed by atoms with Crippen molar-refractivity contribution in [2.45, 2.75) is 50.7 Å². The molecule has 5 rings (SSSR count). The summed E-state index contributed by atoms with van der Waals surface area (Å²) in [7, 11) is -3.16. The third-order valence-electron chi connectivity index (χ3n) is 6.59. The monoisotopic (exact) mass is 484 g/mol. The number of carbonyl (C=O) groups excluding carboxylic acids is 1. The van der Waals surface area contributed by atoms with Crippen LogP contribution in [0, 0.1) is 6.92 Å². The number of imidazole rings is 1. The van der Waals surface area contributed by atoms with Gasteiger partial charge in [0.2, 0.25) is 10.0 Å². The van der Waals surface area contributed by atoms with Gasteiger partial charge in [0.15, 0.2) is 11.5 Å². The molecule has 2 aliphatic rings. The molecule has 0 aromatic carbocycles. The van der Waals surface area contributed by atoms with E-state index in [2.05, 4.69) is 30.6 Å². The maximum Gasteiger partial charge on any atom is 0.270 e. The van der Waals surface area contributed by atoms with Gasteiger partial charge in [-0.1, -0.05) is 6.07 Å². The second-order valence-electron chi connectivity index (χ2n) is 9.09. The molecule has 0 radical (unpaired) electrons. The Morgan fingerprint density at radius 1 is 1.09 bits per heavy atom. The number of hydrogen-bond acceptors (Lipinski definition) is 8. The first-order valence-electron chi connectivity index (χ1n) is 11.4. The van der Waals surface area contributed by atoms with Crippen molar-refractivity contribution in [3.05, 3.63) is 42.2 Å². The minimum absolute atomic E-state index is 0.0803. The van der Waals surface area contributed by atoms with Gasteiger partial charge < -0.3 is 15.2 Å². The molecule has 0 bridgehead atoms. The predicted molar refractivity (Wildman–Crippen MR) is 127 cm³/mol. The van der Waals surface area contributed by atoms with Crippen molar-refractivity contribution in [1.29, 1.82) is 0 Å². The summed E-state index contributed by atoms with van der Waals surface area (Å²) >= 11 is 0. The maximum absolute atomic E-state index is 12.5. The third kappa shape index (κ3) is 4.60. The number of anilines is 1. The summed E-state index contributed by atoms with van der Waals surface area (Å²) in [5.74, 6) is 0.509. The molecule has 1 amide bonds. The van der Waals surface area contributed by atoms with Crippen molar-refractivity contribution in [3.8, 4) is 0 Å². The number of fused-ring (bicyclic) bond motifs is 1. The van der Waals surface area contributed by atoms with Gasteiger partial charge in [-0.2, -0.15) is 0 Å². The quantitative estimate of drug-likeness (QED) is 0.537. The van der Waals surface area contributed by atoms with E-state index in [0.29, 0.717) is 43.0 Å². The van der Waals surface area contributed by atoms with Crippen molar-refractivity contribution >= 4 is 32.9 Å². The number of nitrogens with zero attached hydrogens (tertiary/aromatic N) is 6. The van der Waals surface area contributed by atoms with Gasteiger partial charge in [-0.3, -0.25) is 4.79 Å². The van der Waals surface area contributed by atoms with E-state index in [9.17, 15) is 13.2 Å². The first-order chi connectivity index (χ1) is 16.3. The zero-order chi connectivity index (χ0) is 23.9. The van der Waals surface area contributed by atoms with Gasteiger partial charge >= 0.3 is 0 Å². The normalized spacial score (nSPS) is 21.8. The van der Waals surface area contributed by atoms with E-state index in [0.717, 1.165) is 24.2 Å². The van der Waals surface area contributed by atoms with E-state index in [1.807, 2.05) is 23.6 Å². The standard InChI is InChI=1S/C22H28N8O3S/c1-14-4-3-5-18(26-14)22(31)28-16-10-17(11-16)30-13-25-19-20(23-12-24-21(19)30)27-15-6-8-29(9-7-15)34(2,32)33/h3-5,12-13,15-17H,6-11H2,1-2H3,(H,28,31)(H,23,24,27). The van der Waals surface area contributed by atoms with Crippen LogP contribution in [0.5, 0.6) is 0 Å². The minimum atomic E-state index is -3.16. The van der Waals surface area contributed by atoms with Crippen molar-refractivity contribution in [1.82, 2.24) is 34.1 Å². The molecular weight excluding hydrogens is 456 g/mol. The Hall–Kier alpha value is -3.12. The molecule has 4 heterocycles. The first kappa shape index (κ1) is 22.7. The maximum atomic E-state index is 12.5. The molecular formula is C22H28N8O3S. The van der Waals surface area contributed by atoms with Crippen LogP contribution < -0.4 is 10.6 Å². The molecule has 2 fully saturated rings. The Morgan fingerprint density at radius 2 is 1.85 bits per heavy atom. The lowest BCUT2D eigenvalue weighted by molar-refractivity contribution is 0.0889.